The summed E-state index contributed by atoms with van der Waals surface area (Å²) in [4.78, 5) is 11.7. The summed E-state index contributed by atoms with van der Waals surface area (Å²) in [7, 11) is 0. The number of allylic oxidation sites excluding steroid dienone is 1. The highest BCUT2D eigenvalue weighted by molar-refractivity contribution is 6.05. The van der Waals surface area contributed by atoms with Crippen LogP contribution in [0.5, 0.6) is 0 Å². The second-order valence-electron chi connectivity index (χ2n) is 3.51. The predicted octanol–water partition coefficient (Wildman–Crippen LogP) is -0.529. The third-order valence-electron chi connectivity index (χ3n) is 2.27. The zero-order chi connectivity index (χ0) is 12.1. The fourth-order valence-electron chi connectivity index (χ4n) is 1.38. The molecule has 0 N–H and O–H groups in total. The predicted molar refractivity (Wildman–Crippen MR) is 62.7 cm³/mol. The molecule has 0 radical (unpaired) electrons. The molecule has 0 unspecified atom stereocenters. The highest BCUT2D eigenvalue weighted by atomic mass is 35.5. The van der Waals surface area contributed by atoms with Gasteiger partial charge in [-0.1, -0.05) is 6.07 Å². The molecule has 2 aromatic rings. The van der Waals surface area contributed by atoms with Gasteiger partial charge in [0, 0.05) is 17.7 Å². The molecule has 0 aliphatic carbocycles. The summed E-state index contributed by atoms with van der Waals surface area (Å²) < 4.78 is 14.4. The number of carbonyl (C=O) groups is 1. The molecule has 2 rings (SSSR count). The van der Waals surface area contributed by atoms with Crippen LogP contribution < -0.4 is 17.0 Å². The van der Waals surface area contributed by atoms with Crippen molar-refractivity contribution in [2.24, 2.45) is 0 Å². The minimum absolute atomic E-state index is 0. The molecular weight excluding hydrogens is 253 g/mol. The number of carbonyl (C=O) groups excluding carboxylic acids is 1. The third kappa shape index (κ3) is 3.79. The fourth-order valence-corrected chi connectivity index (χ4v) is 1.38. The van der Waals surface area contributed by atoms with Crippen LogP contribution in [0.25, 0.3) is 6.20 Å². The standard InChI is InChI=1S/C14H11FNO.ClH/c15-13-6-4-12(5-7-13)14(17)8-11-16-9-2-1-3-10-16;/h1-11H;1H/q+1;/p-1. The van der Waals surface area contributed by atoms with E-state index in [1.807, 2.05) is 30.6 Å². The Bertz CT molecular complexity index is 537. The first-order valence-electron chi connectivity index (χ1n) is 5.19. The average Bonchev–Trinajstić information content (AvgIpc) is 2.38. The van der Waals surface area contributed by atoms with Gasteiger partial charge in [-0.15, -0.1) is 0 Å². The van der Waals surface area contributed by atoms with Crippen LogP contribution in [0.1, 0.15) is 10.4 Å². The van der Waals surface area contributed by atoms with Gasteiger partial charge in [0.15, 0.2) is 24.4 Å². The molecule has 0 atom stereocenters. The van der Waals surface area contributed by atoms with Crippen molar-refractivity contribution in [2.45, 2.75) is 0 Å². The fraction of sp³-hybridized carbons (Fsp3) is 0. The summed E-state index contributed by atoms with van der Waals surface area (Å²) >= 11 is 0. The maximum Gasteiger partial charge on any atom is 0.191 e. The van der Waals surface area contributed by atoms with Crippen molar-refractivity contribution in [1.29, 1.82) is 0 Å². The van der Waals surface area contributed by atoms with Gasteiger partial charge in [0.2, 0.25) is 0 Å². The van der Waals surface area contributed by atoms with Crippen LogP contribution in [0.4, 0.5) is 4.39 Å². The molecule has 0 bridgehead atoms. The number of rotatable bonds is 3. The molecule has 0 spiro atoms. The van der Waals surface area contributed by atoms with Crippen molar-refractivity contribution in [2.75, 3.05) is 0 Å². The van der Waals surface area contributed by atoms with E-state index in [0.717, 1.165) is 0 Å². The van der Waals surface area contributed by atoms with E-state index in [2.05, 4.69) is 0 Å². The zero-order valence-electron chi connectivity index (χ0n) is 9.46. The van der Waals surface area contributed by atoms with Gasteiger partial charge < -0.3 is 12.4 Å². The van der Waals surface area contributed by atoms with Gasteiger partial charge in [0.25, 0.3) is 0 Å². The first-order chi connectivity index (χ1) is 8.25. The number of pyridine rings is 1. The zero-order valence-corrected chi connectivity index (χ0v) is 10.2. The Balaban J connectivity index is 0.00000162. The van der Waals surface area contributed by atoms with E-state index in [4.69, 9.17) is 0 Å². The molecule has 0 aliphatic heterocycles. The summed E-state index contributed by atoms with van der Waals surface area (Å²) in [6, 6.07) is 11.1. The van der Waals surface area contributed by atoms with Gasteiger partial charge in [-0.2, -0.15) is 4.57 Å². The minimum atomic E-state index is -0.344. The Morgan fingerprint density at radius 1 is 1.06 bits per heavy atom. The highest BCUT2D eigenvalue weighted by Gasteiger charge is 2.02. The van der Waals surface area contributed by atoms with Crippen molar-refractivity contribution < 1.29 is 26.2 Å². The number of benzene rings is 1. The minimum Gasteiger partial charge on any atom is -1.00 e. The number of nitrogens with zero attached hydrogens (tertiary/aromatic N) is 1. The van der Waals surface area contributed by atoms with Crippen LogP contribution in [0.3, 0.4) is 0 Å². The lowest BCUT2D eigenvalue weighted by Crippen LogP contribution is -3.00. The van der Waals surface area contributed by atoms with Gasteiger partial charge in [0.1, 0.15) is 5.82 Å². The molecule has 18 heavy (non-hydrogen) atoms. The van der Waals surface area contributed by atoms with E-state index in [9.17, 15) is 9.18 Å². The summed E-state index contributed by atoms with van der Waals surface area (Å²) in [5, 5.41) is 0. The summed E-state index contributed by atoms with van der Waals surface area (Å²) in [6.45, 7) is 0. The average molecular weight is 264 g/mol. The lowest BCUT2D eigenvalue weighted by Gasteiger charge is -1.93. The summed E-state index contributed by atoms with van der Waals surface area (Å²) in [6.07, 6.45) is 6.77. The first-order valence-corrected chi connectivity index (χ1v) is 5.19. The molecule has 0 saturated heterocycles. The Morgan fingerprint density at radius 2 is 1.67 bits per heavy atom. The van der Waals surface area contributed by atoms with Crippen LogP contribution in [0.2, 0.25) is 0 Å². The van der Waals surface area contributed by atoms with Gasteiger partial charge in [-0.25, -0.2) is 4.39 Å². The van der Waals surface area contributed by atoms with E-state index in [0.29, 0.717) is 5.56 Å². The molecule has 0 amide bonds. The molecule has 0 aliphatic rings. The Kier molecular flexibility index (Phi) is 5.21. The van der Waals surface area contributed by atoms with E-state index in [-0.39, 0.29) is 24.0 Å². The van der Waals surface area contributed by atoms with Crippen molar-refractivity contribution in [3.8, 4) is 0 Å². The molecule has 92 valence electrons. The maximum atomic E-state index is 12.7. The molecule has 2 nitrogen and oxygen atoms in total. The number of halogens is 2. The Hall–Kier alpha value is -2.00. The number of hydrogen-bond acceptors (Lipinski definition) is 1. The molecule has 0 saturated carbocycles. The van der Waals surface area contributed by atoms with E-state index in [1.54, 1.807) is 10.8 Å². The van der Waals surface area contributed by atoms with Crippen LogP contribution in [-0.2, 0) is 0 Å². The van der Waals surface area contributed by atoms with Gasteiger partial charge in [-0.05, 0) is 24.3 Å². The molecule has 1 heterocycles. The highest BCUT2D eigenvalue weighted by Crippen LogP contribution is 2.04. The van der Waals surface area contributed by atoms with Crippen molar-refractivity contribution in [1.82, 2.24) is 0 Å². The molecule has 4 heteroatoms. The maximum absolute atomic E-state index is 12.7. The quantitative estimate of drug-likeness (QED) is 0.414. The van der Waals surface area contributed by atoms with Crippen LogP contribution in [0.15, 0.2) is 60.9 Å². The second-order valence-corrected chi connectivity index (χ2v) is 3.51. The SMILES string of the molecule is O=C(C=C[n+]1ccccc1)c1ccc(F)cc1.[Cl-]. The van der Waals surface area contributed by atoms with Gasteiger partial charge >= 0.3 is 0 Å². The first kappa shape index (κ1) is 14.1. The lowest BCUT2D eigenvalue weighted by atomic mass is 10.1. The second kappa shape index (κ2) is 6.67. The van der Waals surface area contributed by atoms with Crippen molar-refractivity contribution in [3.05, 3.63) is 72.3 Å². The molecule has 1 aromatic carbocycles. The van der Waals surface area contributed by atoms with Gasteiger partial charge in [0.05, 0.1) is 6.08 Å². The monoisotopic (exact) mass is 263 g/mol. The summed E-state index contributed by atoms with van der Waals surface area (Å²) in [5.41, 5.74) is 0.471. The normalized spacial score (nSPS) is 10.1. The molecule has 0 fully saturated rings. The van der Waals surface area contributed by atoms with Crippen molar-refractivity contribution >= 4 is 12.0 Å². The largest absolute Gasteiger partial charge is 1.00 e. The molecule has 1 aromatic heterocycles. The molecular formula is C14H11ClFNO. The lowest BCUT2D eigenvalue weighted by molar-refractivity contribution is -0.568. The van der Waals surface area contributed by atoms with Gasteiger partial charge in [-0.3, -0.25) is 4.79 Å². The summed E-state index contributed by atoms with van der Waals surface area (Å²) in [5.74, 6) is -0.496. The van der Waals surface area contributed by atoms with Crippen molar-refractivity contribution in [3.63, 3.8) is 0 Å². The Labute approximate surface area is 111 Å². The smallest absolute Gasteiger partial charge is 0.191 e. The topological polar surface area (TPSA) is 20.9 Å². The van der Waals surface area contributed by atoms with Crippen LogP contribution >= 0.6 is 0 Å². The van der Waals surface area contributed by atoms with E-state index >= 15 is 0 Å². The number of hydrogen-bond donors (Lipinski definition) is 0. The van der Waals surface area contributed by atoms with E-state index in [1.165, 1.54) is 30.3 Å². The number of aromatic nitrogens is 1. The van der Waals surface area contributed by atoms with Crippen LogP contribution in [0, 0.1) is 5.82 Å². The van der Waals surface area contributed by atoms with Crippen LogP contribution in [-0.4, -0.2) is 5.78 Å². The number of ketones is 1. The Morgan fingerprint density at radius 3 is 2.28 bits per heavy atom. The third-order valence-corrected chi connectivity index (χ3v) is 2.27. The van der Waals surface area contributed by atoms with E-state index < -0.39 is 0 Å².